The molecule has 0 radical (unpaired) electrons. The zero-order chi connectivity index (χ0) is 12.0. The van der Waals surface area contributed by atoms with E-state index in [2.05, 4.69) is 0 Å². The van der Waals surface area contributed by atoms with Crippen LogP contribution in [0, 0.1) is 0 Å². The Morgan fingerprint density at radius 1 is 1.31 bits per heavy atom. The number of rotatable bonds is 1. The van der Waals surface area contributed by atoms with Gasteiger partial charge in [0.25, 0.3) is 10.1 Å². The number of phenolic OH excluding ortho intramolecular Hbond substituents is 1. The Morgan fingerprint density at radius 2 is 2.00 bits per heavy atom. The normalized spacial score (nSPS) is 24.1. The Balaban J connectivity index is 2.73. The van der Waals surface area contributed by atoms with Crippen molar-refractivity contribution in [1.82, 2.24) is 0 Å². The molecule has 2 rings (SSSR count). The van der Waals surface area contributed by atoms with Gasteiger partial charge in [-0.05, 0) is 17.7 Å². The van der Waals surface area contributed by atoms with Crippen molar-refractivity contribution in [2.45, 2.75) is 11.4 Å². The second kappa shape index (κ2) is 3.31. The van der Waals surface area contributed by atoms with E-state index in [-0.39, 0.29) is 17.7 Å². The molecule has 16 heavy (non-hydrogen) atoms. The largest absolute Gasteiger partial charge is 0.508 e. The van der Waals surface area contributed by atoms with Crippen molar-refractivity contribution >= 4 is 16.2 Å². The van der Waals surface area contributed by atoms with Crippen molar-refractivity contribution in [1.29, 1.82) is 0 Å². The molecule has 0 spiro atoms. The van der Waals surface area contributed by atoms with E-state index in [9.17, 15) is 18.6 Å². The summed E-state index contributed by atoms with van der Waals surface area (Å²) < 4.78 is 31.4. The van der Waals surface area contributed by atoms with Crippen LogP contribution in [0.25, 0.3) is 6.08 Å². The predicted octanol–water partition coefficient (Wildman–Crippen LogP) is 0.842. The van der Waals surface area contributed by atoms with Crippen molar-refractivity contribution in [3.8, 4) is 5.75 Å². The first-order valence-electron chi connectivity index (χ1n) is 4.54. The highest BCUT2D eigenvalue weighted by molar-refractivity contribution is 7.86. The van der Waals surface area contributed by atoms with Crippen LogP contribution in [-0.2, 0) is 15.1 Å². The van der Waals surface area contributed by atoms with Crippen LogP contribution in [-0.4, -0.2) is 23.2 Å². The molecule has 0 fully saturated rings. The molecule has 3 N–H and O–H groups in total. The lowest BCUT2D eigenvalue weighted by Gasteiger charge is -2.28. The van der Waals surface area contributed by atoms with E-state index < -0.39 is 15.1 Å². The van der Waals surface area contributed by atoms with Gasteiger partial charge in [0.2, 0.25) is 4.93 Å². The predicted molar refractivity (Wildman–Crippen MR) is 57.2 cm³/mol. The minimum Gasteiger partial charge on any atom is -0.508 e. The quantitative estimate of drug-likeness (QED) is 0.634. The van der Waals surface area contributed by atoms with Gasteiger partial charge in [-0.2, -0.15) is 8.42 Å². The third-order valence-corrected chi connectivity index (χ3v) is 3.82. The maximum Gasteiger partial charge on any atom is 0.299 e. The van der Waals surface area contributed by atoms with Gasteiger partial charge in [-0.3, -0.25) is 4.55 Å². The molecule has 1 atom stereocenters. The third kappa shape index (κ3) is 1.51. The molecular weight excluding hydrogens is 232 g/mol. The zero-order valence-corrected chi connectivity index (χ0v) is 8.98. The number of aromatic hydroxyl groups is 1. The standard InChI is InChI=1S/C10H10O5S/c11-8-4-3-7-2-1-5-10(12,9(7)6-8)16(13,14)15/h1-4,6,11-12H,5H2,(H,13,14,15). The lowest BCUT2D eigenvalue weighted by Crippen LogP contribution is -2.36. The van der Waals surface area contributed by atoms with Crippen LogP contribution in [0.4, 0.5) is 0 Å². The number of hydrogen-bond donors (Lipinski definition) is 3. The maximum absolute atomic E-state index is 11.2. The van der Waals surface area contributed by atoms with Crippen molar-refractivity contribution in [3.63, 3.8) is 0 Å². The monoisotopic (exact) mass is 242 g/mol. The molecule has 5 nitrogen and oxygen atoms in total. The summed E-state index contributed by atoms with van der Waals surface area (Å²) in [6.07, 6.45) is 2.82. The van der Waals surface area contributed by atoms with E-state index in [1.54, 1.807) is 6.08 Å². The Kier molecular flexibility index (Phi) is 2.30. The summed E-state index contributed by atoms with van der Waals surface area (Å²) in [6.45, 7) is 0. The van der Waals surface area contributed by atoms with Gasteiger partial charge in [-0.25, -0.2) is 0 Å². The molecule has 0 bridgehead atoms. The molecule has 1 aromatic rings. The van der Waals surface area contributed by atoms with Gasteiger partial charge in [-0.1, -0.05) is 18.2 Å². The lowest BCUT2D eigenvalue weighted by molar-refractivity contribution is 0.114. The van der Waals surface area contributed by atoms with Gasteiger partial charge in [0.15, 0.2) is 0 Å². The molecule has 0 saturated carbocycles. The highest BCUT2D eigenvalue weighted by Gasteiger charge is 2.44. The Hall–Kier alpha value is -1.37. The average molecular weight is 242 g/mol. The van der Waals surface area contributed by atoms with E-state index in [4.69, 9.17) is 4.55 Å². The second-order valence-electron chi connectivity index (χ2n) is 3.64. The van der Waals surface area contributed by atoms with Crippen LogP contribution < -0.4 is 0 Å². The smallest absolute Gasteiger partial charge is 0.299 e. The highest BCUT2D eigenvalue weighted by Crippen LogP contribution is 2.38. The summed E-state index contributed by atoms with van der Waals surface area (Å²) in [7, 11) is -4.66. The minimum absolute atomic E-state index is 0.0162. The van der Waals surface area contributed by atoms with Crippen LogP contribution in [0.1, 0.15) is 17.5 Å². The Labute approximate surface area is 92.4 Å². The summed E-state index contributed by atoms with van der Waals surface area (Å²) in [5.74, 6) is -0.170. The SMILES string of the molecule is O=S(=O)(O)C1(O)CC=Cc2ccc(O)cc21. The first-order chi connectivity index (χ1) is 7.34. The first-order valence-corrected chi connectivity index (χ1v) is 5.98. The van der Waals surface area contributed by atoms with Crippen molar-refractivity contribution in [3.05, 3.63) is 35.4 Å². The van der Waals surface area contributed by atoms with Crippen LogP contribution in [0.2, 0.25) is 0 Å². The van der Waals surface area contributed by atoms with Crippen molar-refractivity contribution in [2.75, 3.05) is 0 Å². The molecule has 1 aliphatic rings. The fourth-order valence-corrected chi connectivity index (χ4v) is 2.49. The molecule has 0 amide bonds. The molecule has 6 heteroatoms. The van der Waals surface area contributed by atoms with Gasteiger partial charge in [0.05, 0.1) is 0 Å². The molecule has 0 heterocycles. The lowest BCUT2D eigenvalue weighted by atomic mass is 9.94. The Bertz CT molecular complexity index is 561. The van der Waals surface area contributed by atoms with Gasteiger partial charge >= 0.3 is 0 Å². The van der Waals surface area contributed by atoms with Gasteiger partial charge in [0, 0.05) is 12.0 Å². The van der Waals surface area contributed by atoms with Crippen LogP contribution in [0.3, 0.4) is 0 Å². The van der Waals surface area contributed by atoms with Crippen LogP contribution >= 0.6 is 0 Å². The molecule has 1 aromatic carbocycles. The molecule has 1 unspecified atom stereocenters. The van der Waals surface area contributed by atoms with E-state index in [0.717, 1.165) is 6.07 Å². The van der Waals surface area contributed by atoms with Gasteiger partial charge < -0.3 is 10.2 Å². The number of phenols is 1. The fraction of sp³-hybridized carbons (Fsp3) is 0.200. The fourth-order valence-electron chi connectivity index (χ4n) is 1.73. The third-order valence-electron chi connectivity index (χ3n) is 2.58. The summed E-state index contributed by atoms with van der Waals surface area (Å²) >= 11 is 0. The van der Waals surface area contributed by atoms with Gasteiger partial charge in [-0.15, -0.1) is 0 Å². The molecule has 1 aliphatic carbocycles. The molecular formula is C10H10O5S. The first kappa shape index (κ1) is 11.1. The number of benzene rings is 1. The maximum atomic E-state index is 11.2. The van der Waals surface area contributed by atoms with E-state index in [0.29, 0.717) is 5.56 Å². The summed E-state index contributed by atoms with van der Waals surface area (Å²) in [4.78, 5) is -2.38. The number of hydrogen-bond acceptors (Lipinski definition) is 4. The number of fused-ring (bicyclic) bond motifs is 1. The molecule has 0 aliphatic heterocycles. The van der Waals surface area contributed by atoms with Gasteiger partial charge in [0.1, 0.15) is 5.75 Å². The average Bonchev–Trinajstić information content (AvgIpc) is 2.18. The second-order valence-corrected chi connectivity index (χ2v) is 5.26. The summed E-state index contributed by atoms with van der Waals surface area (Å²) in [6, 6.07) is 3.97. The Morgan fingerprint density at radius 3 is 2.62 bits per heavy atom. The van der Waals surface area contributed by atoms with E-state index >= 15 is 0 Å². The molecule has 86 valence electrons. The minimum atomic E-state index is -4.66. The molecule has 0 saturated heterocycles. The van der Waals surface area contributed by atoms with Crippen molar-refractivity contribution < 1.29 is 23.2 Å². The highest BCUT2D eigenvalue weighted by atomic mass is 32.2. The zero-order valence-electron chi connectivity index (χ0n) is 8.16. The van der Waals surface area contributed by atoms with E-state index in [1.165, 1.54) is 18.2 Å². The van der Waals surface area contributed by atoms with Crippen LogP contribution in [0.5, 0.6) is 5.75 Å². The topological polar surface area (TPSA) is 94.8 Å². The van der Waals surface area contributed by atoms with E-state index in [1.807, 2.05) is 0 Å². The van der Waals surface area contributed by atoms with Crippen molar-refractivity contribution in [2.24, 2.45) is 0 Å². The summed E-state index contributed by atoms with van der Waals surface area (Å²) in [5.41, 5.74) is 0.432. The van der Waals surface area contributed by atoms with Crippen LogP contribution in [0.15, 0.2) is 24.3 Å². The number of aliphatic hydroxyl groups is 1. The molecule has 0 aromatic heterocycles. The summed E-state index contributed by atoms with van der Waals surface area (Å²) in [5, 5.41) is 19.3.